The van der Waals surface area contributed by atoms with Crippen molar-refractivity contribution in [2.75, 3.05) is 7.11 Å². The van der Waals surface area contributed by atoms with E-state index in [0.717, 1.165) is 16.6 Å². The Hall–Kier alpha value is -3.41. The number of fused-ring (bicyclic) bond motifs is 1. The summed E-state index contributed by atoms with van der Waals surface area (Å²) in [6, 6.07) is 14.2. The molecule has 0 aliphatic carbocycles. The number of aryl methyl sites for hydroxylation is 1. The Labute approximate surface area is 144 Å². The van der Waals surface area contributed by atoms with Gasteiger partial charge < -0.3 is 9.84 Å². The number of hydrogen-bond donors (Lipinski definition) is 2. The average molecular weight is 335 g/mol. The SMILES string of the molecule is COc1cccc(C=NNC(=O)c2cc(C)nc3ccccc23)c1O. The first-order valence-corrected chi connectivity index (χ1v) is 7.66. The van der Waals surface area contributed by atoms with Gasteiger partial charge in [-0.15, -0.1) is 0 Å². The molecule has 0 radical (unpaired) electrons. The zero-order valence-electron chi connectivity index (χ0n) is 13.9. The number of carbonyl (C=O) groups is 1. The van der Waals surface area contributed by atoms with Crippen LogP contribution in [0.2, 0.25) is 0 Å². The van der Waals surface area contributed by atoms with Crippen molar-refractivity contribution < 1.29 is 14.6 Å². The second-order valence-electron chi connectivity index (χ2n) is 5.43. The lowest BCUT2D eigenvalue weighted by molar-refractivity contribution is 0.0956. The van der Waals surface area contributed by atoms with E-state index in [1.807, 2.05) is 31.2 Å². The first-order chi connectivity index (χ1) is 12.1. The Kier molecular flexibility index (Phi) is 4.61. The Morgan fingerprint density at radius 1 is 1.24 bits per heavy atom. The number of benzene rings is 2. The minimum atomic E-state index is -0.347. The lowest BCUT2D eigenvalue weighted by Crippen LogP contribution is -2.18. The van der Waals surface area contributed by atoms with Crippen LogP contribution < -0.4 is 10.2 Å². The van der Waals surface area contributed by atoms with Crippen molar-refractivity contribution in [3.8, 4) is 11.5 Å². The lowest BCUT2D eigenvalue weighted by atomic mass is 10.1. The molecule has 0 bridgehead atoms. The van der Waals surface area contributed by atoms with Crippen molar-refractivity contribution in [3.05, 3.63) is 65.4 Å². The first-order valence-electron chi connectivity index (χ1n) is 7.66. The van der Waals surface area contributed by atoms with Crippen LogP contribution >= 0.6 is 0 Å². The van der Waals surface area contributed by atoms with Crippen LogP contribution in [0.1, 0.15) is 21.6 Å². The number of amides is 1. The quantitative estimate of drug-likeness (QED) is 0.567. The third-order valence-corrected chi connectivity index (χ3v) is 3.71. The van der Waals surface area contributed by atoms with Gasteiger partial charge in [-0.3, -0.25) is 9.78 Å². The van der Waals surface area contributed by atoms with Crippen LogP contribution in [0.5, 0.6) is 11.5 Å². The number of aromatic nitrogens is 1. The average Bonchev–Trinajstić information content (AvgIpc) is 2.62. The van der Waals surface area contributed by atoms with Gasteiger partial charge in [0.25, 0.3) is 5.91 Å². The van der Waals surface area contributed by atoms with Gasteiger partial charge >= 0.3 is 0 Å². The summed E-state index contributed by atoms with van der Waals surface area (Å²) >= 11 is 0. The number of hydrogen-bond acceptors (Lipinski definition) is 5. The summed E-state index contributed by atoms with van der Waals surface area (Å²) in [5, 5.41) is 14.7. The molecular formula is C19H17N3O3. The number of ether oxygens (including phenoxy) is 1. The number of nitrogens with one attached hydrogen (secondary N) is 1. The minimum Gasteiger partial charge on any atom is -0.504 e. The Bertz CT molecular complexity index is 967. The predicted octanol–water partition coefficient (Wildman–Crippen LogP) is 3.02. The van der Waals surface area contributed by atoms with Crippen molar-refractivity contribution in [1.82, 2.24) is 10.4 Å². The summed E-state index contributed by atoms with van der Waals surface area (Å²) in [4.78, 5) is 16.9. The number of aromatic hydroxyl groups is 1. The first kappa shape index (κ1) is 16.4. The number of phenolic OH excluding ortho intramolecular Hbond substituents is 1. The van der Waals surface area contributed by atoms with Crippen LogP contribution in [0, 0.1) is 6.92 Å². The summed E-state index contributed by atoms with van der Waals surface area (Å²) in [5.74, 6) is -0.0421. The second kappa shape index (κ2) is 7.00. The number of rotatable bonds is 4. The van der Waals surface area contributed by atoms with E-state index in [9.17, 15) is 9.90 Å². The highest BCUT2D eigenvalue weighted by Gasteiger charge is 2.11. The van der Waals surface area contributed by atoms with Gasteiger partial charge in [0.15, 0.2) is 11.5 Å². The van der Waals surface area contributed by atoms with E-state index < -0.39 is 0 Å². The van der Waals surface area contributed by atoms with E-state index in [-0.39, 0.29) is 11.7 Å². The summed E-state index contributed by atoms with van der Waals surface area (Å²) in [7, 11) is 1.47. The van der Waals surface area contributed by atoms with Gasteiger partial charge in [0.2, 0.25) is 0 Å². The van der Waals surface area contributed by atoms with Crippen molar-refractivity contribution in [1.29, 1.82) is 0 Å². The molecule has 0 saturated heterocycles. The van der Waals surface area contributed by atoms with Crippen molar-refractivity contribution in [2.24, 2.45) is 5.10 Å². The van der Waals surface area contributed by atoms with Crippen molar-refractivity contribution >= 4 is 23.0 Å². The number of methoxy groups -OCH3 is 1. The minimum absolute atomic E-state index is 0.0341. The molecule has 3 aromatic rings. The summed E-state index contributed by atoms with van der Waals surface area (Å²) < 4.78 is 5.04. The Morgan fingerprint density at radius 2 is 2.04 bits per heavy atom. The number of carbonyl (C=O) groups excluding carboxylic acids is 1. The fraction of sp³-hybridized carbons (Fsp3) is 0.105. The zero-order chi connectivity index (χ0) is 17.8. The second-order valence-corrected chi connectivity index (χ2v) is 5.43. The molecule has 0 spiro atoms. The third kappa shape index (κ3) is 3.42. The fourth-order valence-corrected chi connectivity index (χ4v) is 2.52. The highest BCUT2D eigenvalue weighted by Crippen LogP contribution is 2.27. The van der Waals surface area contributed by atoms with Crippen LogP contribution in [0.4, 0.5) is 0 Å². The number of pyridine rings is 1. The maximum absolute atomic E-state index is 12.5. The number of phenols is 1. The Balaban J connectivity index is 1.84. The Morgan fingerprint density at radius 3 is 2.84 bits per heavy atom. The van der Waals surface area contributed by atoms with Crippen LogP contribution in [-0.2, 0) is 0 Å². The molecule has 1 aromatic heterocycles. The van der Waals surface area contributed by atoms with E-state index in [1.165, 1.54) is 13.3 Å². The number of nitrogens with zero attached hydrogens (tertiary/aromatic N) is 2. The van der Waals surface area contributed by atoms with Gasteiger partial charge in [0, 0.05) is 16.6 Å². The van der Waals surface area contributed by atoms with E-state index in [0.29, 0.717) is 16.9 Å². The molecule has 1 amide bonds. The van der Waals surface area contributed by atoms with Gasteiger partial charge in [0.05, 0.1) is 24.4 Å². The van der Waals surface area contributed by atoms with Gasteiger partial charge in [-0.05, 0) is 31.2 Å². The molecule has 0 fully saturated rings. The van der Waals surface area contributed by atoms with Crippen LogP contribution in [0.25, 0.3) is 10.9 Å². The molecule has 1 heterocycles. The van der Waals surface area contributed by atoms with Crippen LogP contribution in [0.15, 0.2) is 53.6 Å². The monoisotopic (exact) mass is 335 g/mol. The van der Waals surface area contributed by atoms with Gasteiger partial charge in [-0.25, -0.2) is 5.43 Å². The molecule has 6 heteroatoms. The molecule has 6 nitrogen and oxygen atoms in total. The highest BCUT2D eigenvalue weighted by atomic mass is 16.5. The van der Waals surface area contributed by atoms with Crippen LogP contribution in [-0.4, -0.2) is 29.3 Å². The third-order valence-electron chi connectivity index (χ3n) is 3.71. The molecule has 0 aliphatic rings. The number of hydrazone groups is 1. The van der Waals surface area contributed by atoms with E-state index in [4.69, 9.17) is 4.74 Å². The molecule has 3 rings (SSSR count). The smallest absolute Gasteiger partial charge is 0.272 e. The molecule has 25 heavy (non-hydrogen) atoms. The summed E-state index contributed by atoms with van der Waals surface area (Å²) in [5.41, 5.74) is 4.92. The molecule has 0 unspecified atom stereocenters. The van der Waals surface area contributed by atoms with Gasteiger partial charge in [0.1, 0.15) is 0 Å². The zero-order valence-corrected chi connectivity index (χ0v) is 13.9. The molecule has 2 N–H and O–H groups in total. The lowest BCUT2D eigenvalue weighted by Gasteiger charge is -2.07. The van der Waals surface area contributed by atoms with E-state index in [1.54, 1.807) is 24.3 Å². The number of para-hydroxylation sites is 2. The molecule has 0 saturated carbocycles. The van der Waals surface area contributed by atoms with E-state index in [2.05, 4.69) is 15.5 Å². The maximum atomic E-state index is 12.5. The van der Waals surface area contributed by atoms with Crippen LogP contribution in [0.3, 0.4) is 0 Å². The standard InChI is InChI=1S/C19H17N3O3/c1-12-10-15(14-7-3-4-8-16(14)21-12)19(24)22-20-11-13-6-5-9-17(25-2)18(13)23/h3-11,23H,1-2H3,(H,22,24). The summed E-state index contributed by atoms with van der Waals surface area (Å²) in [6.07, 6.45) is 1.37. The molecular weight excluding hydrogens is 318 g/mol. The normalized spacial score (nSPS) is 11.0. The van der Waals surface area contributed by atoms with E-state index >= 15 is 0 Å². The van der Waals surface area contributed by atoms with Crippen molar-refractivity contribution in [2.45, 2.75) is 6.92 Å². The molecule has 126 valence electrons. The molecule has 0 aliphatic heterocycles. The molecule has 2 aromatic carbocycles. The fourth-order valence-electron chi connectivity index (χ4n) is 2.52. The van der Waals surface area contributed by atoms with Crippen molar-refractivity contribution in [3.63, 3.8) is 0 Å². The molecule has 0 atom stereocenters. The maximum Gasteiger partial charge on any atom is 0.272 e. The predicted molar refractivity (Wildman–Crippen MR) is 96.2 cm³/mol. The summed E-state index contributed by atoms with van der Waals surface area (Å²) in [6.45, 7) is 1.83. The van der Waals surface area contributed by atoms with Gasteiger partial charge in [-0.1, -0.05) is 24.3 Å². The highest BCUT2D eigenvalue weighted by molar-refractivity contribution is 6.06. The topological polar surface area (TPSA) is 83.8 Å². The largest absolute Gasteiger partial charge is 0.504 e. The van der Waals surface area contributed by atoms with Gasteiger partial charge in [-0.2, -0.15) is 5.10 Å².